The molecule has 35 heavy (non-hydrogen) atoms. The molecule has 1 saturated carbocycles. The summed E-state index contributed by atoms with van der Waals surface area (Å²) in [6.45, 7) is 3.31. The Kier molecular flexibility index (Phi) is 6.77. The van der Waals surface area contributed by atoms with E-state index in [1.54, 1.807) is 0 Å². The van der Waals surface area contributed by atoms with Crippen molar-refractivity contribution in [2.45, 2.75) is 57.8 Å². The van der Waals surface area contributed by atoms with Gasteiger partial charge in [-0.1, -0.05) is 36.4 Å². The van der Waals surface area contributed by atoms with Crippen molar-refractivity contribution in [3.8, 4) is 0 Å². The van der Waals surface area contributed by atoms with Gasteiger partial charge in [0.1, 0.15) is 6.17 Å². The number of allylic oxidation sites excluding steroid dienone is 1. The molecule has 184 valence electrons. The van der Waals surface area contributed by atoms with Crippen LogP contribution in [0.15, 0.2) is 60.4 Å². The van der Waals surface area contributed by atoms with Crippen molar-refractivity contribution in [1.82, 2.24) is 16.0 Å². The Morgan fingerprint density at radius 1 is 1.14 bits per heavy atom. The predicted octanol–water partition coefficient (Wildman–Crippen LogP) is 3.02. The van der Waals surface area contributed by atoms with Crippen LogP contribution in [0, 0.1) is 11.8 Å². The third kappa shape index (κ3) is 5.05. The van der Waals surface area contributed by atoms with Crippen LogP contribution in [-0.2, 0) is 17.8 Å². The molecule has 2 heterocycles. The Balaban J connectivity index is 1.39. The maximum Gasteiger partial charge on any atom is 0.251 e. The Labute approximate surface area is 207 Å². The zero-order valence-corrected chi connectivity index (χ0v) is 20.3. The lowest BCUT2D eigenvalue weighted by molar-refractivity contribution is -0.127. The number of nitrogens with one attached hydrogen (secondary N) is 3. The van der Waals surface area contributed by atoms with Gasteiger partial charge in [0.05, 0.1) is 6.04 Å². The number of fused-ring (bicyclic) bond motifs is 1. The topological polar surface area (TPSA) is 99.5 Å². The van der Waals surface area contributed by atoms with Gasteiger partial charge in [-0.3, -0.25) is 9.59 Å². The molecule has 2 amide bonds. The molecule has 1 fully saturated rings. The maximum absolute atomic E-state index is 13.4. The summed E-state index contributed by atoms with van der Waals surface area (Å²) in [6, 6.07) is 16.1. The quantitative estimate of drug-likeness (QED) is 0.495. The molecular weight excluding hydrogens is 438 g/mol. The van der Waals surface area contributed by atoms with E-state index in [0.717, 1.165) is 48.2 Å². The largest absolute Gasteiger partial charge is 0.366 e. The van der Waals surface area contributed by atoms with Crippen molar-refractivity contribution in [1.29, 1.82) is 0 Å². The van der Waals surface area contributed by atoms with Crippen LogP contribution in [0.4, 0.5) is 5.69 Å². The monoisotopic (exact) mass is 473 g/mol. The van der Waals surface area contributed by atoms with Crippen LogP contribution >= 0.6 is 0 Å². The molecule has 2 unspecified atom stereocenters. The number of carbonyl (C=O) groups is 2. The summed E-state index contributed by atoms with van der Waals surface area (Å²) in [7, 11) is 0. The second kappa shape index (κ2) is 10.1. The van der Waals surface area contributed by atoms with Crippen LogP contribution in [-0.4, -0.2) is 30.6 Å². The van der Waals surface area contributed by atoms with E-state index in [2.05, 4.69) is 45.2 Å². The van der Waals surface area contributed by atoms with Gasteiger partial charge in [-0.25, -0.2) is 0 Å². The number of nitrogens with two attached hydrogens (primary N) is 1. The van der Waals surface area contributed by atoms with Gasteiger partial charge in [0.2, 0.25) is 5.91 Å². The van der Waals surface area contributed by atoms with Gasteiger partial charge in [0.25, 0.3) is 5.91 Å². The summed E-state index contributed by atoms with van der Waals surface area (Å²) in [4.78, 5) is 27.9. The molecule has 0 aromatic heterocycles. The Morgan fingerprint density at radius 2 is 1.91 bits per heavy atom. The fourth-order valence-corrected chi connectivity index (χ4v) is 5.59. The van der Waals surface area contributed by atoms with E-state index >= 15 is 0 Å². The van der Waals surface area contributed by atoms with Gasteiger partial charge in [-0.05, 0) is 74.8 Å². The molecule has 1 aliphatic carbocycles. The van der Waals surface area contributed by atoms with E-state index in [4.69, 9.17) is 5.73 Å². The lowest BCUT2D eigenvalue weighted by Crippen LogP contribution is -2.56. The van der Waals surface area contributed by atoms with Gasteiger partial charge in [-0.2, -0.15) is 0 Å². The standard InChI is InChI=1S/C28H35N5O2/c1-18-17-33(23-12-11-22-16-30-28(35)24(22)14-23)26(31-18)25(13-19-5-3-2-4-6-19)32-27(34)21-9-7-20(15-29)8-10-21/h2-6,11-12,14,17,20-21,25-26,31H,7-10,13,15-16,29H2,1H3,(H,30,35)(H,32,34)/t20-,21-,25?,26?. The van der Waals surface area contributed by atoms with E-state index in [-0.39, 0.29) is 29.9 Å². The van der Waals surface area contributed by atoms with Crippen LogP contribution in [0.2, 0.25) is 0 Å². The normalized spacial score (nSPS) is 24.3. The third-order valence-corrected chi connectivity index (χ3v) is 7.64. The highest BCUT2D eigenvalue weighted by Crippen LogP contribution is 2.31. The van der Waals surface area contributed by atoms with E-state index in [0.29, 0.717) is 25.4 Å². The Bertz CT molecular complexity index is 1110. The molecule has 5 rings (SSSR count). The molecule has 3 aliphatic rings. The van der Waals surface area contributed by atoms with Gasteiger partial charge in [-0.15, -0.1) is 0 Å². The summed E-state index contributed by atoms with van der Waals surface area (Å²) < 4.78 is 0. The van der Waals surface area contributed by atoms with Crippen LogP contribution in [0.25, 0.3) is 0 Å². The van der Waals surface area contributed by atoms with Crippen molar-refractivity contribution >= 4 is 17.5 Å². The zero-order chi connectivity index (χ0) is 24.4. The Hall–Kier alpha value is -3.32. The van der Waals surface area contributed by atoms with Gasteiger partial charge >= 0.3 is 0 Å². The fraction of sp³-hybridized carbons (Fsp3) is 0.429. The molecule has 5 N–H and O–H groups in total. The second-order valence-corrected chi connectivity index (χ2v) is 10.1. The second-order valence-electron chi connectivity index (χ2n) is 10.1. The lowest BCUT2D eigenvalue weighted by atomic mass is 9.81. The minimum absolute atomic E-state index is 0.0312. The Morgan fingerprint density at radius 3 is 2.66 bits per heavy atom. The average molecular weight is 474 g/mol. The van der Waals surface area contributed by atoms with Gasteiger partial charge < -0.3 is 26.6 Å². The van der Waals surface area contributed by atoms with E-state index in [1.807, 2.05) is 37.3 Å². The van der Waals surface area contributed by atoms with Crippen molar-refractivity contribution in [2.75, 3.05) is 11.4 Å². The van der Waals surface area contributed by atoms with Gasteiger partial charge in [0.15, 0.2) is 0 Å². The maximum atomic E-state index is 13.4. The van der Waals surface area contributed by atoms with Crippen molar-refractivity contribution < 1.29 is 9.59 Å². The lowest BCUT2D eigenvalue weighted by Gasteiger charge is -2.35. The molecule has 0 saturated heterocycles. The molecule has 2 aromatic rings. The third-order valence-electron chi connectivity index (χ3n) is 7.64. The first-order chi connectivity index (χ1) is 17.0. The summed E-state index contributed by atoms with van der Waals surface area (Å²) >= 11 is 0. The molecule has 0 spiro atoms. The fourth-order valence-electron chi connectivity index (χ4n) is 5.59. The van der Waals surface area contributed by atoms with Crippen LogP contribution < -0.4 is 26.6 Å². The molecule has 2 aliphatic heterocycles. The number of hydrogen-bond donors (Lipinski definition) is 4. The number of hydrogen-bond acceptors (Lipinski definition) is 5. The summed E-state index contributed by atoms with van der Waals surface area (Å²) in [6.07, 6.45) is 6.42. The predicted molar refractivity (Wildman–Crippen MR) is 137 cm³/mol. The number of carbonyl (C=O) groups excluding carboxylic acids is 2. The summed E-state index contributed by atoms with van der Waals surface area (Å²) in [5, 5.41) is 9.88. The van der Waals surface area contributed by atoms with Crippen LogP contribution in [0.1, 0.15) is 54.1 Å². The van der Waals surface area contributed by atoms with Crippen LogP contribution in [0.3, 0.4) is 0 Å². The number of benzene rings is 2. The molecule has 0 radical (unpaired) electrons. The van der Waals surface area contributed by atoms with E-state index in [9.17, 15) is 9.59 Å². The van der Waals surface area contributed by atoms with E-state index in [1.165, 1.54) is 5.56 Å². The molecule has 0 bridgehead atoms. The first-order valence-corrected chi connectivity index (χ1v) is 12.7. The summed E-state index contributed by atoms with van der Waals surface area (Å²) in [5.41, 5.74) is 10.7. The highest BCUT2D eigenvalue weighted by Gasteiger charge is 2.35. The van der Waals surface area contributed by atoms with Crippen molar-refractivity contribution in [2.24, 2.45) is 17.6 Å². The molecular formula is C28H35N5O2. The SMILES string of the molecule is CC1=CN(c2ccc3c(c2)C(=O)NC3)C(C(Cc2ccccc2)NC(=O)[C@H]2CC[C@H](CN)CC2)N1. The first kappa shape index (κ1) is 23.4. The highest BCUT2D eigenvalue weighted by atomic mass is 16.2. The van der Waals surface area contributed by atoms with Crippen molar-refractivity contribution in [3.63, 3.8) is 0 Å². The van der Waals surface area contributed by atoms with Crippen molar-refractivity contribution in [3.05, 3.63) is 77.1 Å². The minimum atomic E-state index is -0.165. The van der Waals surface area contributed by atoms with E-state index < -0.39 is 0 Å². The number of nitrogens with zero attached hydrogens (tertiary/aromatic N) is 1. The smallest absolute Gasteiger partial charge is 0.251 e. The zero-order valence-electron chi connectivity index (χ0n) is 20.3. The number of amides is 2. The molecule has 2 atom stereocenters. The number of anilines is 1. The average Bonchev–Trinajstić information content (AvgIpc) is 3.46. The highest BCUT2D eigenvalue weighted by molar-refractivity contribution is 5.99. The molecule has 7 heteroatoms. The summed E-state index contributed by atoms with van der Waals surface area (Å²) in [5.74, 6) is 0.660. The molecule has 2 aromatic carbocycles. The number of rotatable bonds is 7. The first-order valence-electron chi connectivity index (χ1n) is 12.7. The van der Waals surface area contributed by atoms with Crippen LogP contribution in [0.5, 0.6) is 0 Å². The van der Waals surface area contributed by atoms with Gasteiger partial charge in [0, 0.05) is 35.6 Å². The minimum Gasteiger partial charge on any atom is -0.366 e. The molecule has 7 nitrogen and oxygen atoms in total.